The van der Waals surface area contributed by atoms with E-state index >= 15 is 0 Å². The molecule has 2 fully saturated rings. The lowest BCUT2D eigenvalue weighted by molar-refractivity contribution is -0.134. The van der Waals surface area contributed by atoms with Gasteiger partial charge in [0, 0.05) is 32.2 Å². The van der Waals surface area contributed by atoms with Crippen LogP contribution in [-0.2, 0) is 11.3 Å². The third kappa shape index (κ3) is 4.11. The van der Waals surface area contributed by atoms with Crippen LogP contribution in [0.4, 0.5) is 8.78 Å². The quantitative estimate of drug-likeness (QED) is 0.729. The van der Waals surface area contributed by atoms with Crippen molar-refractivity contribution >= 4 is 28.7 Å². The topological polar surface area (TPSA) is 41.4 Å². The molecule has 0 unspecified atom stereocenters. The summed E-state index contributed by atoms with van der Waals surface area (Å²) < 4.78 is 27.5. The molecule has 4 rings (SSSR count). The molecule has 5 nitrogen and oxygen atoms in total. The molecule has 0 radical (unpaired) electrons. The number of thioether (sulfide) groups is 1. The Morgan fingerprint density at radius 1 is 1.15 bits per heavy atom. The minimum atomic E-state index is -2.56. The average molecular weight is 394 g/mol. The maximum absolute atomic E-state index is 12.9. The molecule has 1 aliphatic heterocycles. The van der Waals surface area contributed by atoms with E-state index in [0.717, 1.165) is 18.6 Å². The predicted molar refractivity (Wildman–Crippen MR) is 102 cm³/mol. The number of hydrogen-bond donors (Lipinski definition) is 0. The Balaban J connectivity index is 1.45. The van der Waals surface area contributed by atoms with Gasteiger partial charge in [0.1, 0.15) is 6.54 Å². The Hall–Kier alpha value is -1.67. The van der Waals surface area contributed by atoms with Crippen LogP contribution in [0.25, 0.3) is 11.0 Å². The summed E-state index contributed by atoms with van der Waals surface area (Å²) in [6.07, 6.45) is 5.15. The van der Waals surface area contributed by atoms with Gasteiger partial charge in [-0.05, 0) is 36.7 Å². The molecule has 0 atom stereocenters. The minimum absolute atomic E-state index is 0.0275. The Bertz CT molecular complexity index is 798. The fraction of sp³-hybridized carbons (Fsp3) is 0.579. The number of hydrogen-bond acceptors (Lipinski definition) is 4. The van der Waals surface area contributed by atoms with E-state index in [4.69, 9.17) is 0 Å². The number of carbonyl (C=O) groups is 1. The fourth-order valence-electron chi connectivity index (χ4n) is 4.22. The molecule has 1 aromatic heterocycles. The number of halogens is 2. The molecular formula is C19H24F2N4OS. The van der Waals surface area contributed by atoms with E-state index in [1.54, 1.807) is 10.6 Å². The number of nitrogens with zero attached hydrogens (tertiary/aromatic N) is 4. The second-order valence-corrected chi connectivity index (χ2v) is 8.16. The monoisotopic (exact) mass is 394 g/mol. The van der Waals surface area contributed by atoms with Crippen molar-refractivity contribution in [1.82, 2.24) is 19.4 Å². The highest BCUT2D eigenvalue weighted by atomic mass is 32.2. The number of alkyl halides is 2. The third-order valence-electron chi connectivity index (χ3n) is 5.62. The van der Waals surface area contributed by atoms with Gasteiger partial charge >= 0.3 is 0 Å². The summed E-state index contributed by atoms with van der Waals surface area (Å²) in [6.45, 7) is 3.27. The van der Waals surface area contributed by atoms with Crippen molar-refractivity contribution in [3.63, 3.8) is 0 Å². The molecule has 27 heavy (non-hydrogen) atoms. The summed E-state index contributed by atoms with van der Waals surface area (Å²) in [7, 11) is 0. The summed E-state index contributed by atoms with van der Waals surface area (Å²) in [5, 5.41) is 0.198. The van der Waals surface area contributed by atoms with Crippen LogP contribution in [0, 0.1) is 0 Å². The first kappa shape index (κ1) is 18.7. The maximum Gasteiger partial charge on any atom is 0.291 e. The Morgan fingerprint density at radius 2 is 1.85 bits per heavy atom. The molecular weight excluding hydrogens is 370 g/mol. The number of carbonyl (C=O) groups excluding carboxylic acids is 1. The standard InChI is InChI=1S/C19H24F2N4OS/c20-18(21)27-19-22-15-7-3-4-8-16(15)25(19)13-17(26)24-11-9-23(10-12-24)14-5-1-2-6-14/h3-4,7-8,14,18H,1-2,5-6,9-13H2. The van der Waals surface area contributed by atoms with Gasteiger partial charge in [-0.15, -0.1) is 0 Å². The van der Waals surface area contributed by atoms with Crippen LogP contribution in [0.2, 0.25) is 0 Å². The van der Waals surface area contributed by atoms with Gasteiger partial charge in [0.15, 0.2) is 5.16 Å². The highest BCUT2D eigenvalue weighted by Crippen LogP contribution is 2.29. The van der Waals surface area contributed by atoms with E-state index in [0.29, 0.717) is 36.4 Å². The molecule has 2 aliphatic rings. The van der Waals surface area contributed by atoms with Crippen LogP contribution < -0.4 is 0 Å². The number of para-hydroxylation sites is 2. The zero-order chi connectivity index (χ0) is 18.8. The number of amides is 1. The highest BCUT2D eigenvalue weighted by molar-refractivity contribution is 7.99. The third-order valence-corrected chi connectivity index (χ3v) is 6.32. The zero-order valence-electron chi connectivity index (χ0n) is 15.2. The lowest BCUT2D eigenvalue weighted by atomic mass is 10.2. The van der Waals surface area contributed by atoms with Gasteiger partial charge < -0.3 is 9.47 Å². The van der Waals surface area contributed by atoms with Gasteiger partial charge in [0.25, 0.3) is 5.76 Å². The number of piperazine rings is 1. The SMILES string of the molecule is O=C(Cn1c(SC(F)F)nc2ccccc21)N1CCN(C2CCCC2)CC1. The van der Waals surface area contributed by atoms with Crippen molar-refractivity contribution in [3.8, 4) is 0 Å². The summed E-state index contributed by atoms with van der Waals surface area (Å²) in [4.78, 5) is 21.5. The first-order valence-electron chi connectivity index (χ1n) is 9.54. The number of imidazole rings is 1. The molecule has 0 bridgehead atoms. The molecule has 2 aromatic rings. The van der Waals surface area contributed by atoms with E-state index in [9.17, 15) is 13.6 Å². The number of aromatic nitrogens is 2. The molecule has 1 aliphatic carbocycles. The predicted octanol–water partition coefficient (Wildman–Crippen LogP) is 3.44. The largest absolute Gasteiger partial charge is 0.339 e. The Kier molecular flexibility index (Phi) is 5.63. The summed E-state index contributed by atoms with van der Waals surface area (Å²) in [5.74, 6) is -2.59. The van der Waals surface area contributed by atoms with Crippen molar-refractivity contribution in [3.05, 3.63) is 24.3 Å². The number of benzene rings is 1. The molecule has 1 aromatic carbocycles. The first-order valence-corrected chi connectivity index (χ1v) is 10.4. The second-order valence-electron chi connectivity index (χ2n) is 7.20. The molecule has 2 heterocycles. The lowest BCUT2D eigenvalue weighted by Crippen LogP contribution is -2.52. The smallest absolute Gasteiger partial charge is 0.291 e. The highest BCUT2D eigenvalue weighted by Gasteiger charge is 2.28. The van der Waals surface area contributed by atoms with E-state index in [1.165, 1.54) is 25.7 Å². The van der Waals surface area contributed by atoms with Gasteiger partial charge in [0.2, 0.25) is 5.91 Å². The van der Waals surface area contributed by atoms with Gasteiger partial charge in [-0.25, -0.2) is 4.98 Å². The maximum atomic E-state index is 12.9. The lowest BCUT2D eigenvalue weighted by Gasteiger charge is -2.38. The zero-order valence-corrected chi connectivity index (χ0v) is 16.0. The van der Waals surface area contributed by atoms with Crippen molar-refractivity contribution in [2.24, 2.45) is 0 Å². The molecule has 8 heteroatoms. The average Bonchev–Trinajstić information content (AvgIpc) is 3.30. The first-order chi connectivity index (χ1) is 13.1. The van der Waals surface area contributed by atoms with E-state index < -0.39 is 5.76 Å². The Morgan fingerprint density at radius 3 is 2.56 bits per heavy atom. The minimum Gasteiger partial charge on any atom is -0.339 e. The van der Waals surface area contributed by atoms with E-state index in [-0.39, 0.29) is 17.6 Å². The van der Waals surface area contributed by atoms with Crippen molar-refractivity contribution in [2.45, 2.75) is 49.2 Å². The Labute approximate surface area is 161 Å². The normalized spacial score (nSPS) is 19.4. The van der Waals surface area contributed by atoms with Crippen LogP contribution in [0.15, 0.2) is 29.4 Å². The summed E-state index contributed by atoms with van der Waals surface area (Å²) in [5.41, 5.74) is 1.36. The molecule has 0 N–H and O–H groups in total. The fourth-order valence-corrected chi connectivity index (χ4v) is 4.82. The van der Waals surface area contributed by atoms with Crippen molar-refractivity contribution in [2.75, 3.05) is 26.2 Å². The van der Waals surface area contributed by atoms with Gasteiger partial charge in [-0.2, -0.15) is 8.78 Å². The summed E-state index contributed by atoms with van der Waals surface area (Å²) >= 11 is 0.396. The van der Waals surface area contributed by atoms with Crippen LogP contribution >= 0.6 is 11.8 Å². The number of fused-ring (bicyclic) bond motifs is 1. The molecule has 1 saturated carbocycles. The van der Waals surface area contributed by atoms with Crippen molar-refractivity contribution in [1.29, 1.82) is 0 Å². The van der Waals surface area contributed by atoms with Crippen LogP contribution in [0.3, 0.4) is 0 Å². The summed E-state index contributed by atoms with van der Waals surface area (Å²) in [6, 6.07) is 7.94. The number of rotatable bonds is 5. The molecule has 146 valence electrons. The van der Waals surface area contributed by atoms with Crippen LogP contribution in [0.5, 0.6) is 0 Å². The van der Waals surface area contributed by atoms with Crippen LogP contribution in [-0.4, -0.2) is 63.2 Å². The van der Waals surface area contributed by atoms with Crippen molar-refractivity contribution < 1.29 is 13.6 Å². The molecule has 1 saturated heterocycles. The molecule has 1 amide bonds. The van der Waals surface area contributed by atoms with Crippen LogP contribution in [0.1, 0.15) is 25.7 Å². The van der Waals surface area contributed by atoms with Gasteiger partial charge in [0.05, 0.1) is 11.0 Å². The van der Waals surface area contributed by atoms with E-state index in [2.05, 4.69) is 9.88 Å². The van der Waals surface area contributed by atoms with Gasteiger partial charge in [-0.3, -0.25) is 9.69 Å². The second kappa shape index (κ2) is 8.14. The van der Waals surface area contributed by atoms with E-state index in [1.807, 2.05) is 23.1 Å². The molecule has 0 spiro atoms. The van der Waals surface area contributed by atoms with Gasteiger partial charge in [-0.1, -0.05) is 25.0 Å².